The van der Waals surface area contributed by atoms with Gasteiger partial charge < -0.3 is 11.6 Å². The van der Waals surface area contributed by atoms with Gasteiger partial charge >= 0.3 is 0 Å². The van der Waals surface area contributed by atoms with Gasteiger partial charge in [-0.3, -0.25) is 9.59 Å². The molecule has 0 atom stereocenters. The normalized spacial score (nSPS) is 14.4. The molecule has 6 nitrogen and oxygen atoms in total. The Balaban J connectivity index is 2.14. The van der Waals surface area contributed by atoms with Crippen molar-refractivity contribution in [1.82, 2.24) is 9.66 Å². The van der Waals surface area contributed by atoms with Crippen molar-refractivity contribution in [1.29, 1.82) is 0 Å². The predicted octanol–water partition coefficient (Wildman–Crippen LogP) is 0.628. The number of nitrogen functional groups attached to an aromatic ring is 1. The lowest BCUT2D eigenvalue weighted by molar-refractivity contribution is -0.115. The molecule has 0 aliphatic heterocycles. The molecule has 8 heteroatoms. The Morgan fingerprint density at radius 3 is 2.90 bits per heavy atom. The number of thioether (sulfide) groups is 1. The monoisotopic (exact) mass is 310 g/mol. The van der Waals surface area contributed by atoms with Gasteiger partial charge in [0.15, 0.2) is 5.16 Å². The number of hydrogen-bond donors (Lipinski definition) is 2. The molecule has 2 aromatic heterocycles. The summed E-state index contributed by atoms with van der Waals surface area (Å²) in [4.78, 5) is 29.6. The molecule has 3 rings (SSSR count). The van der Waals surface area contributed by atoms with Crippen molar-refractivity contribution in [3.05, 3.63) is 20.8 Å². The van der Waals surface area contributed by atoms with Gasteiger partial charge in [0.05, 0.1) is 11.1 Å². The molecule has 0 saturated heterocycles. The number of amides is 1. The zero-order valence-electron chi connectivity index (χ0n) is 10.7. The number of aromatic nitrogens is 2. The molecule has 20 heavy (non-hydrogen) atoms. The summed E-state index contributed by atoms with van der Waals surface area (Å²) in [6.07, 6.45) is 4.17. The lowest BCUT2D eigenvalue weighted by atomic mass is 9.97. The first kappa shape index (κ1) is 13.4. The van der Waals surface area contributed by atoms with Crippen LogP contribution in [0.4, 0.5) is 0 Å². The SMILES string of the molecule is NC(=O)CSc1nc2sc3c(c2c(=O)n1N)CCCC3. The second kappa shape index (κ2) is 5.10. The Morgan fingerprint density at radius 1 is 1.40 bits per heavy atom. The summed E-state index contributed by atoms with van der Waals surface area (Å²) in [6, 6.07) is 0. The Morgan fingerprint density at radius 2 is 2.15 bits per heavy atom. The second-order valence-electron chi connectivity index (χ2n) is 4.72. The summed E-state index contributed by atoms with van der Waals surface area (Å²) in [5, 5.41) is 0.982. The number of nitrogens with two attached hydrogens (primary N) is 2. The minimum Gasteiger partial charge on any atom is -0.369 e. The Kier molecular flexibility index (Phi) is 3.43. The fraction of sp³-hybridized carbons (Fsp3) is 0.417. The Bertz CT molecular complexity index is 750. The van der Waals surface area contributed by atoms with Gasteiger partial charge in [0.25, 0.3) is 5.56 Å². The number of aryl methyl sites for hydroxylation is 2. The third kappa shape index (κ3) is 2.18. The van der Waals surface area contributed by atoms with Crippen LogP contribution < -0.4 is 17.1 Å². The van der Waals surface area contributed by atoms with Gasteiger partial charge in [-0.05, 0) is 31.2 Å². The number of thiophene rings is 1. The van der Waals surface area contributed by atoms with E-state index in [1.54, 1.807) is 11.3 Å². The summed E-state index contributed by atoms with van der Waals surface area (Å²) in [5.74, 6) is 5.39. The maximum atomic E-state index is 12.4. The molecule has 0 aromatic carbocycles. The highest BCUT2D eigenvalue weighted by atomic mass is 32.2. The Hall–Kier alpha value is -1.54. The molecular weight excluding hydrogens is 296 g/mol. The summed E-state index contributed by atoms with van der Waals surface area (Å²) in [5.41, 5.74) is 5.98. The van der Waals surface area contributed by atoms with E-state index in [-0.39, 0.29) is 11.3 Å². The molecule has 0 bridgehead atoms. The third-order valence-electron chi connectivity index (χ3n) is 3.33. The third-order valence-corrected chi connectivity index (χ3v) is 5.49. The van der Waals surface area contributed by atoms with E-state index >= 15 is 0 Å². The van der Waals surface area contributed by atoms with Crippen LogP contribution in [0, 0.1) is 0 Å². The molecule has 0 saturated carbocycles. The second-order valence-corrected chi connectivity index (χ2v) is 6.74. The molecule has 0 radical (unpaired) electrons. The quantitative estimate of drug-likeness (QED) is 0.491. The summed E-state index contributed by atoms with van der Waals surface area (Å²) in [6.45, 7) is 0. The van der Waals surface area contributed by atoms with E-state index in [0.29, 0.717) is 10.5 Å². The number of fused-ring (bicyclic) bond motifs is 3. The van der Waals surface area contributed by atoms with E-state index < -0.39 is 5.91 Å². The van der Waals surface area contributed by atoms with Crippen LogP contribution in [0.2, 0.25) is 0 Å². The van der Waals surface area contributed by atoms with Crippen molar-refractivity contribution in [2.24, 2.45) is 5.73 Å². The maximum absolute atomic E-state index is 12.4. The van der Waals surface area contributed by atoms with E-state index in [2.05, 4.69) is 4.98 Å². The van der Waals surface area contributed by atoms with E-state index in [0.717, 1.165) is 52.5 Å². The number of hydrogen-bond acceptors (Lipinski definition) is 6. The molecule has 0 fully saturated rings. The smallest absolute Gasteiger partial charge is 0.281 e. The minimum atomic E-state index is -0.463. The number of nitrogens with zero attached hydrogens (tertiary/aromatic N) is 2. The highest BCUT2D eigenvalue weighted by Crippen LogP contribution is 2.34. The fourth-order valence-electron chi connectivity index (χ4n) is 2.44. The molecule has 4 N–H and O–H groups in total. The van der Waals surface area contributed by atoms with Crippen molar-refractivity contribution in [2.75, 3.05) is 11.6 Å². The van der Waals surface area contributed by atoms with Crippen molar-refractivity contribution in [3.8, 4) is 0 Å². The summed E-state index contributed by atoms with van der Waals surface area (Å²) < 4.78 is 1.03. The standard InChI is InChI=1S/C12H14N4O2S2/c13-8(17)5-19-12-15-10-9(11(18)16(12)14)6-3-1-2-4-7(6)20-10/h1-5,14H2,(H2,13,17). The van der Waals surface area contributed by atoms with Crippen LogP contribution in [-0.2, 0) is 17.6 Å². The van der Waals surface area contributed by atoms with E-state index in [4.69, 9.17) is 11.6 Å². The molecular formula is C12H14N4O2S2. The molecule has 0 spiro atoms. The zero-order chi connectivity index (χ0) is 14.3. The fourth-order valence-corrected chi connectivity index (χ4v) is 4.40. The average Bonchev–Trinajstić information content (AvgIpc) is 2.79. The van der Waals surface area contributed by atoms with Crippen LogP contribution >= 0.6 is 23.1 Å². The van der Waals surface area contributed by atoms with Gasteiger partial charge in [-0.15, -0.1) is 11.3 Å². The lowest BCUT2D eigenvalue weighted by Gasteiger charge is -2.10. The van der Waals surface area contributed by atoms with Crippen molar-refractivity contribution < 1.29 is 4.79 Å². The predicted molar refractivity (Wildman–Crippen MR) is 80.6 cm³/mol. The largest absolute Gasteiger partial charge is 0.369 e. The highest BCUT2D eigenvalue weighted by molar-refractivity contribution is 7.99. The average molecular weight is 310 g/mol. The highest BCUT2D eigenvalue weighted by Gasteiger charge is 2.21. The van der Waals surface area contributed by atoms with Gasteiger partial charge in [-0.2, -0.15) is 0 Å². The van der Waals surface area contributed by atoms with Crippen molar-refractivity contribution >= 4 is 39.2 Å². The van der Waals surface area contributed by atoms with Crippen molar-refractivity contribution in [2.45, 2.75) is 30.8 Å². The number of carbonyl (C=O) groups excluding carboxylic acids is 1. The molecule has 1 aliphatic carbocycles. The number of carbonyl (C=O) groups is 1. The number of primary amides is 1. The van der Waals surface area contributed by atoms with E-state index in [9.17, 15) is 9.59 Å². The first-order valence-corrected chi connectivity index (χ1v) is 8.11. The van der Waals surface area contributed by atoms with E-state index in [1.807, 2.05) is 0 Å². The van der Waals surface area contributed by atoms with Gasteiger partial charge in [0, 0.05) is 4.88 Å². The first-order valence-electron chi connectivity index (χ1n) is 6.31. The summed E-state index contributed by atoms with van der Waals surface area (Å²) in [7, 11) is 0. The Labute approximate surface area is 123 Å². The molecule has 1 aliphatic rings. The van der Waals surface area contributed by atoms with Crippen LogP contribution in [0.3, 0.4) is 0 Å². The molecule has 106 valence electrons. The molecule has 1 amide bonds. The maximum Gasteiger partial charge on any atom is 0.281 e. The van der Waals surface area contributed by atoms with Gasteiger partial charge in [-0.1, -0.05) is 11.8 Å². The molecule has 2 aromatic rings. The van der Waals surface area contributed by atoms with Crippen LogP contribution in [0.5, 0.6) is 0 Å². The van der Waals surface area contributed by atoms with Crippen LogP contribution in [0.1, 0.15) is 23.3 Å². The van der Waals surface area contributed by atoms with E-state index in [1.165, 1.54) is 4.88 Å². The van der Waals surface area contributed by atoms with Crippen LogP contribution in [0.25, 0.3) is 10.2 Å². The van der Waals surface area contributed by atoms with Gasteiger partial charge in [0.2, 0.25) is 5.91 Å². The molecule has 2 heterocycles. The van der Waals surface area contributed by atoms with Gasteiger partial charge in [0.1, 0.15) is 4.83 Å². The zero-order valence-corrected chi connectivity index (χ0v) is 12.4. The topological polar surface area (TPSA) is 104 Å². The van der Waals surface area contributed by atoms with Crippen LogP contribution in [0.15, 0.2) is 9.95 Å². The van der Waals surface area contributed by atoms with Crippen LogP contribution in [-0.4, -0.2) is 21.3 Å². The number of rotatable bonds is 3. The minimum absolute atomic E-state index is 0.0558. The lowest BCUT2D eigenvalue weighted by Crippen LogP contribution is -2.30. The first-order chi connectivity index (χ1) is 9.58. The molecule has 0 unspecified atom stereocenters. The van der Waals surface area contributed by atoms with Crippen molar-refractivity contribution in [3.63, 3.8) is 0 Å². The van der Waals surface area contributed by atoms with Gasteiger partial charge in [-0.25, -0.2) is 9.66 Å². The summed E-state index contributed by atoms with van der Waals surface area (Å²) >= 11 is 2.65.